The minimum atomic E-state index is 0.444. The molecule has 11 heavy (non-hydrogen) atoms. The molecule has 2 atom stereocenters. The first-order chi connectivity index (χ1) is 5.29. The maximum absolute atomic E-state index is 11.1. The molecule has 0 aliphatic heterocycles. The summed E-state index contributed by atoms with van der Waals surface area (Å²) in [5, 5.41) is 0. The molecule has 1 rings (SSSR count). The smallest absolute Gasteiger partial charge is 0.136 e. The van der Waals surface area contributed by atoms with Crippen molar-refractivity contribution in [2.75, 3.05) is 0 Å². The topological polar surface area (TPSA) is 17.1 Å². The van der Waals surface area contributed by atoms with Crippen LogP contribution >= 0.6 is 0 Å². The fraction of sp³-hybridized carbons (Fsp3) is 0.900. The average molecular weight is 154 g/mol. The summed E-state index contributed by atoms with van der Waals surface area (Å²) in [6.45, 7) is 4.36. The second-order valence-electron chi connectivity index (χ2n) is 3.61. The van der Waals surface area contributed by atoms with Crippen molar-refractivity contribution in [2.24, 2.45) is 11.8 Å². The van der Waals surface area contributed by atoms with Crippen molar-refractivity contribution >= 4 is 5.78 Å². The van der Waals surface area contributed by atoms with Gasteiger partial charge < -0.3 is 0 Å². The van der Waals surface area contributed by atoms with Gasteiger partial charge in [-0.1, -0.05) is 26.7 Å². The van der Waals surface area contributed by atoms with Gasteiger partial charge in [0.15, 0.2) is 0 Å². The van der Waals surface area contributed by atoms with E-state index in [-0.39, 0.29) is 0 Å². The Labute approximate surface area is 69.2 Å². The highest BCUT2D eigenvalue weighted by molar-refractivity contribution is 5.87. The minimum absolute atomic E-state index is 0.444. The Bertz CT molecular complexity index is 140. The first kappa shape index (κ1) is 8.76. The van der Waals surface area contributed by atoms with Gasteiger partial charge in [-0.3, -0.25) is 4.79 Å². The molecule has 0 aromatic rings. The maximum atomic E-state index is 11.1. The Balaban J connectivity index is 2.29. The molecule has 2 unspecified atom stereocenters. The number of hydrogen-bond acceptors (Lipinski definition) is 1. The molecule has 0 aromatic carbocycles. The molecule has 64 valence electrons. The molecule has 0 bridgehead atoms. The summed E-state index contributed by atoms with van der Waals surface area (Å²) >= 11 is 0. The second kappa shape index (κ2) is 3.89. The highest BCUT2D eigenvalue weighted by Crippen LogP contribution is 2.37. The van der Waals surface area contributed by atoms with Crippen LogP contribution in [0, 0.1) is 11.8 Å². The van der Waals surface area contributed by atoms with Crippen molar-refractivity contribution in [2.45, 2.75) is 46.0 Å². The van der Waals surface area contributed by atoms with Gasteiger partial charge in [-0.15, -0.1) is 0 Å². The third-order valence-electron chi connectivity index (χ3n) is 2.71. The van der Waals surface area contributed by atoms with Gasteiger partial charge >= 0.3 is 0 Å². The van der Waals surface area contributed by atoms with Crippen LogP contribution in [0.3, 0.4) is 0 Å². The quantitative estimate of drug-likeness (QED) is 0.608. The lowest BCUT2D eigenvalue weighted by atomic mass is 9.68. The molecule has 1 aliphatic rings. The van der Waals surface area contributed by atoms with E-state index in [0.29, 0.717) is 11.7 Å². The molecule has 1 nitrogen and oxygen atoms in total. The van der Waals surface area contributed by atoms with E-state index in [1.165, 1.54) is 12.8 Å². The Morgan fingerprint density at radius 1 is 1.27 bits per heavy atom. The number of carbonyl (C=O) groups is 1. The van der Waals surface area contributed by atoms with E-state index >= 15 is 0 Å². The summed E-state index contributed by atoms with van der Waals surface area (Å²) in [6, 6.07) is 0. The summed E-state index contributed by atoms with van der Waals surface area (Å²) in [4.78, 5) is 11.1. The van der Waals surface area contributed by atoms with Crippen LogP contribution in [0.4, 0.5) is 0 Å². The highest BCUT2D eigenvalue weighted by Gasteiger charge is 2.37. The molecule has 1 saturated carbocycles. The van der Waals surface area contributed by atoms with Crippen molar-refractivity contribution in [1.29, 1.82) is 0 Å². The Hall–Kier alpha value is -0.330. The first-order valence-corrected chi connectivity index (χ1v) is 4.82. The van der Waals surface area contributed by atoms with Crippen molar-refractivity contribution in [3.05, 3.63) is 0 Å². The molecule has 0 radical (unpaired) electrons. The molecule has 1 heteroatoms. The van der Waals surface area contributed by atoms with Crippen molar-refractivity contribution < 1.29 is 4.79 Å². The van der Waals surface area contributed by atoms with Crippen molar-refractivity contribution in [1.82, 2.24) is 0 Å². The maximum Gasteiger partial charge on any atom is 0.136 e. The van der Waals surface area contributed by atoms with Gasteiger partial charge in [-0.2, -0.15) is 0 Å². The number of ketones is 1. The van der Waals surface area contributed by atoms with Crippen LogP contribution in [0.15, 0.2) is 0 Å². The molecular formula is C10H18O. The fourth-order valence-corrected chi connectivity index (χ4v) is 2.04. The molecule has 1 fully saturated rings. The summed E-state index contributed by atoms with van der Waals surface area (Å²) in [7, 11) is 0. The average Bonchev–Trinajstić information content (AvgIpc) is 2.00. The van der Waals surface area contributed by atoms with Gasteiger partial charge in [0.1, 0.15) is 5.78 Å². The van der Waals surface area contributed by atoms with Crippen molar-refractivity contribution in [3.63, 3.8) is 0 Å². The molecule has 0 amide bonds. The minimum Gasteiger partial charge on any atom is -0.299 e. The lowest BCUT2D eigenvalue weighted by Gasteiger charge is -2.34. The Morgan fingerprint density at radius 3 is 2.36 bits per heavy atom. The van der Waals surface area contributed by atoms with Gasteiger partial charge in [0.05, 0.1) is 0 Å². The molecule has 0 N–H and O–H groups in total. The van der Waals surface area contributed by atoms with Crippen LogP contribution in [0.5, 0.6) is 0 Å². The normalized spacial score (nSPS) is 30.2. The zero-order valence-corrected chi connectivity index (χ0v) is 7.60. The largest absolute Gasteiger partial charge is 0.299 e. The van der Waals surface area contributed by atoms with E-state index in [1.54, 1.807) is 0 Å². The van der Waals surface area contributed by atoms with E-state index in [0.717, 1.165) is 25.2 Å². The van der Waals surface area contributed by atoms with Gasteiger partial charge in [-0.25, -0.2) is 0 Å². The summed E-state index contributed by atoms with van der Waals surface area (Å²) in [6.07, 6.45) is 5.66. The SMILES string of the molecule is CCCC1CC(=O)C1CCC. The first-order valence-electron chi connectivity index (χ1n) is 4.82. The Kier molecular flexibility index (Phi) is 3.10. The number of carbonyl (C=O) groups excluding carboxylic acids is 1. The number of rotatable bonds is 4. The third kappa shape index (κ3) is 1.82. The molecule has 1 aliphatic carbocycles. The molecule has 0 heterocycles. The van der Waals surface area contributed by atoms with E-state index < -0.39 is 0 Å². The van der Waals surface area contributed by atoms with E-state index in [1.807, 2.05) is 0 Å². The van der Waals surface area contributed by atoms with Crippen LogP contribution in [0.1, 0.15) is 46.0 Å². The highest BCUT2D eigenvalue weighted by atomic mass is 16.1. The van der Waals surface area contributed by atoms with Crippen molar-refractivity contribution in [3.8, 4) is 0 Å². The second-order valence-corrected chi connectivity index (χ2v) is 3.61. The summed E-state index contributed by atoms with van der Waals surface area (Å²) < 4.78 is 0. The van der Waals surface area contributed by atoms with Crippen LogP contribution in [0.25, 0.3) is 0 Å². The summed E-state index contributed by atoms with van der Waals surface area (Å²) in [5.41, 5.74) is 0. The zero-order chi connectivity index (χ0) is 8.27. The predicted octanol–water partition coefficient (Wildman–Crippen LogP) is 2.79. The van der Waals surface area contributed by atoms with Gasteiger partial charge in [-0.05, 0) is 18.8 Å². The lowest BCUT2D eigenvalue weighted by molar-refractivity contribution is -0.134. The monoisotopic (exact) mass is 154 g/mol. The summed E-state index contributed by atoms with van der Waals surface area (Å²) in [5.74, 6) is 1.71. The van der Waals surface area contributed by atoms with Gasteiger partial charge in [0.25, 0.3) is 0 Å². The number of hydrogen-bond donors (Lipinski definition) is 0. The van der Waals surface area contributed by atoms with E-state index in [9.17, 15) is 4.79 Å². The van der Waals surface area contributed by atoms with Crippen LogP contribution in [-0.4, -0.2) is 5.78 Å². The van der Waals surface area contributed by atoms with E-state index in [4.69, 9.17) is 0 Å². The van der Waals surface area contributed by atoms with Crippen LogP contribution in [0.2, 0.25) is 0 Å². The molecule has 0 spiro atoms. The van der Waals surface area contributed by atoms with Crippen LogP contribution < -0.4 is 0 Å². The lowest BCUT2D eigenvalue weighted by Crippen LogP contribution is -2.36. The molecule has 0 saturated heterocycles. The predicted molar refractivity (Wildman–Crippen MR) is 46.4 cm³/mol. The standard InChI is InChI=1S/C10H18O/c1-3-5-8-7-10(11)9(8)6-4-2/h8-9H,3-7H2,1-2H3. The fourth-order valence-electron chi connectivity index (χ4n) is 2.04. The number of Topliss-reactive ketones (excluding diaryl/α,β-unsaturated/α-hetero) is 1. The molecular weight excluding hydrogens is 136 g/mol. The zero-order valence-electron chi connectivity index (χ0n) is 7.60. The Morgan fingerprint density at radius 2 is 1.91 bits per heavy atom. The molecule has 0 aromatic heterocycles. The van der Waals surface area contributed by atoms with Crippen LogP contribution in [-0.2, 0) is 4.79 Å². The van der Waals surface area contributed by atoms with Gasteiger partial charge in [0, 0.05) is 12.3 Å². The third-order valence-corrected chi connectivity index (χ3v) is 2.71. The van der Waals surface area contributed by atoms with E-state index in [2.05, 4.69) is 13.8 Å². The van der Waals surface area contributed by atoms with Gasteiger partial charge in [0.2, 0.25) is 0 Å².